The van der Waals surface area contributed by atoms with Gasteiger partial charge in [-0.15, -0.1) is 0 Å². The van der Waals surface area contributed by atoms with E-state index >= 15 is 0 Å². The van der Waals surface area contributed by atoms with Crippen LogP contribution in [0.15, 0.2) is 24.3 Å². The normalized spacial score (nSPS) is 23.5. The molecule has 0 bridgehead atoms. The van der Waals surface area contributed by atoms with Gasteiger partial charge in [0.25, 0.3) is 0 Å². The van der Waals surface area contributed by atoms with Gasteiger partial charge in [0.15, 0.2) is 0 Å². The van der Waals surface area contributed by atoms with E-state index in [0.717, 1.165) is 5.69 Å². The lowest BCUT2D eigenvalue weighted by atomic mass is 9.94. The van der Waals surface area contributed by atoms with Crippen molar-refractivity contribution in [2.24, 2.45) is 0 Å². The minimum Gasteiger partial charge on any atom is -0.398 e. The van der Waals surface area contributed by atoms with Gasteiger partial charge in [-0.25, -0.2) is 0 Å². The number of hydrogen-bond donors (Lipinski definition) is 1. The smallest absolute Gasteiger partial charge is 0.0352 e. The highest BCUT2D eigenvalue weighted by molar-refractivity contribution is 5.53. The summed E-state index contributed by atoms with van der Waals surface area (Å²) in [6, 6.07) is 8.41. The largest absolute Gasteiger partial charge is 0.398 e. The third kappa shape index (κ3) is 1.71. The van der Waals surface area contributed by atoms with Crippen molar-refractivity contribution in [3.8, 4) is 0 Å². The molecule has 2 aliphatic rings. The second-order valence-corrected chi connectivity index (χ2v) is 5.35. The topological polar surface area (TPSA) is 29.3 Å². The Bertz CT molecular complexity index is 376. The molecule has 2 N–H and O–H groups in total. The van der Waals surface area contributed by atoms with Crippen LogP contribution in [-0.2, 0) is 5.41 Å². The molecule has 2 fully saturated rings. The third-order valence-corrected chi connectivity index (χ3v) is 4.11. The second kappa shape index (κ2) is 3.77. The average Bonchev–Trinajstić information content (AvgIpc) is 2.87. The Morgan fingerprint density at radius 2 is 1.81 bits per heavy atom. The molecule has 1 aliphatic carbocycles. The van der Waals surface area contributed by atoms with Crippen LogP contribution in [0.4, 0.5) is 5.69 Å². The van der Waals surface area contributed by atoms with Crippen LogP contribution in [0, 0.1) is 0 Å². The van der Waals surface area contributed by atoms with Crippen molar-refractivity contribution >= 4 is 5.69 Å². The summed E-state index contributed by atoms with van der Waals surface area (Å²) in [5.74, 6) is 0. The van der Waals surface area contributed by atoms with Crippen LogP contribution in [0.2, 0.25) is 0 Å². The van der Waals surface area contributed by atoms with E-state index in [2.05, 4.69) is 17.0 Å². The number of nitrogen functional groups attached to an aromatic ring is 1. The second-order valence-electron chi connectivity index (χ2n) is 5.35. The lowest BCUT2D eigenvalue weighted by Gasteiger charge is -2.24. The predicted octanol–water partition coefficient (Wildman–Crippen LogP) is 2.40. The molecule has 0 radical (unpaired) electrons. The number of hydrogen-bond acceptors (Lipinski definition) is 2. The zero-order chi connectivity index (χ0) is 11.0. The summed E-state index contributed by atoms with van der Waals surface area (Å²) in [6.45, 7) is 3.80. The first-order valence-electron chi connectivity index (χ1n) is 6.38. The molecule has 1 saturated heterocycles. The maximum Gasteiger partial charge on any atom is 0.0352 e. The fourth-order valence-corrected chi connectivity index (χ4v) is 3.01. The summed E-state index contributed by atoms with van der Waals surface area (Å²) in [7, 11) is 0. The van der Waals surface area contributed by atoms with Crippen LogP contribution >= 0.6 is 0 Å². The van der Waals surface area contributed by atoms with Crippen LogP contribution in [0.25, 0.3) is 0 Å². The minimum atomic E-state index is 0.398. The number of likely N-dealkylation sites (tertiary alicyclic amines) is 1. The van der Waals surface area contributed by atoms with E-state index in [1.165, 1.54) is 50.9 Å². The van der Waals surface area contributed by atoms with Gasteiger partial charge < -0.3 is 10.6 Å². The van der Waals surface area contributed by atoms with Crippen LogP contribution in [0.5, 0.6) is 0 Å². The molecule has 0 spiro atoms. The fourth-order valence-electron chi connectivity index (χ4n) is 3.01. The van der Waals surface area contributed by atoms with Crippen molar-refractivity contribution in [1.82, 2.24) is 4.90 Å². The molecular formula is C14H20N2. The molecule has 1 aliphatic heterocycles. The minimum absolute atomic E-state index is 0.398. The van der Waals surface area contributed by atoms with Gasteiger partial charge >= 0.3 is 0 Å². The summed E-state index contributed by atoms with van der Waals surface area (Å²) in [4.78, 5) is 2.61. The summed E-state index contributed by atoms with van der Waals surface area (Å²) >= 11 is 0. The summed E-state index contributed by atoms with van der Waals surface area (Å²) < 4.78 is 0. The zero-order valence-electron chi connectivity index (χ0n) is 9.78. The monoisotopic (exact) mass is 216 g/mol. The van der Waals surface area contributed by atoms with Crippen LogP contribution in [-0.4, -0.2) is 24.5 Å². The molecule has 0 unspecified atom stereocenters. The molecule has 0 atom stereocenters. The molecular weight excluding hydrogens is 196 g/mol. The summed E-state index contributed by atoms with van der Waals surface area (Å²) in [6.07, 6.45) is 5.39. The van der Waals surface area contributed by atoms with E-state index in [9.17, 15) is 0 Å². The van der Waals surface area contributed by atoms with Gasteiger partial charge in [-0.05, 0) is 50.4 Å². The van der Waals surface area contributed by atoms with Gasteiger partial charge in [-0.3, -0.25) is 0 Å². The molecule has 16 heavy (non-hydrogen) atoms. The highest BCUT2D eigenvalue weighted by Gasteiger charge is 2.46. The van der Waals surface area contributed by atoms with E-state index in [1.807, 2.05) is 12.1 Å². The van der Waals surface area contributed by atoms with Gasteiger partial charge in [0.05, 0.1) is 0 Å². The number of nitrogens with zero attached hydrogens (tertiary/aromatic N) is 1. The predicted molar refractivity (Wildman–Crippen MR) is 67.4 cm³/mol. The summed E-state index contributed by atoms with van der Waals surface area (Å²) in [5.41, 5.74) is 8.88. The van der Waals surface area contributed by atoms with Crippen molar-refractivity contribution in [2.75, 3.05) is 25.4 Å². The molecule has 0 amide bonds. The van der Waals surface area contributed by atoms with Crippen molar-refractivity contribution in [3.63, 3.8) is 0 Å². The highest BCUT2D eigenvalue weighted by Crippen LogP contribution is 2.50. The van der Waals surface area contributed by atoms with E-state index in [4.69, 9.17) is 5.73 Å². The number of para-hydroxylation sites is 1. The van der Waals surface area contributed by atoms with E-state index in [1.54, 1.807) is 0 Å². The third-order valence-electron chi connectivity index (χ3n) is 4.11. The Morgan fingerprint density at radius 3 is 2.44 bits per heavy atom. The lowest BCUT2D eigenvalue weighted by Crippen LogP contribution is -2.30. The first kappa shape index (κ1) is 10.2. The first-order valence-corrected chi connectivity index (χ1v) is 6.38. The Balaban J connectivity index is 1.80. The number of rotatable bonds is 3. The Morgan fingerprint density at radius 1 is 1.12 bits per heavy atom. The van der Waals surface area contributed by atoms with Gasteiger partial charge in [-0.1, -0.05) is 18.2 Å². The number of benzene rings is 1. The fraction of sp³-hybridized carbons (Fsp3) is 0.571. The van der Waals surface area contributed by atoms with E-state index in [-0.39, 0.29) is 0 Å². The van der Waals surface area contributed by atoms with Crippen LogP contribution in [0.1, 0.15) is 31.2 Å². The molecule has 86 valence electrons. The molecule has 1 aromatic carbocycles. The first-order chi connectivity index (χ1) is 7.80. The average molecular weight is 216 g/mol. The molecule has 3 rings (SSSR count). The standard InChI is InChI=1S/C14H20N2/c15-13-6-2-1-5-12(13)14(7-8-14)11-16-9-3-4-10-16/h1-2,5-6H,3-4,7-11,15H2. The van der Waals surface area contributed by atoms with Gasteiger partial charge in [0.1, 0.15) is 0 Å². The molecule has 2 heteroatoms. The number of nitrogens with two attached hydrogens (primary N) is 1. The van der Waals surface area contributed by atoms with Crippen LogP contribution < -0.4 is 5.73 Å². The Kier molecular flexibility index (Phi) is 2.40. The molecule has 2 nitrogen and oxygen atoms in total. The molecule has 1 heterocycles. The zero-order valence-corrected chi connectivity index (χ0v) is 9.78. The van der Waals surface area contributed by atoms with Crippen molar-refractivity contribution < 1.29 is 0 Å². The Hall–Kier alpha value is -1.02. The molecule has 1 saturated carbocycles. The summed E-state index contributed by atoms with van der Waals surface area (Å²) in [5, 5.41) is 0. The van der Waals surface area contributed by atoms with Gasteiger partial charge in [0, 0.05) is 17.6 Å². The van der Waals surface area contributed by atoms with E-state index < -0.39 is 0 Å². The lowest BCUT2D eigenvalue weighted by molar-refractivity contribution is 0.305. The molecule has 0 aromatic heterocycles. The van der Waals surface area contributed by atoms with Gasteiger partial charge in [0.2, 0.25) is 0 Å². The quantitative estimate of drug-likeness (QED) is 0.786. The van der Waals surface area contributed by atoms with E-state index in [0.29, 0.717) is 5.41 Å². The molecule has 1 aromatic rings. The maximum absolute atomic E-state index is 6.10. The highest BCUT2D eigenvalue weighted by atomic mass is 15.1. The van der Waals surface area contributed by atoms with Crippen molar-refractivity contribution in [3.05, 3.63) is 29.8 Å². The Labute approximate surface area is 97.4 Å². The maximum atomic E-state index is 6.10. The van der Waals surface area contributed by atoms with Gasteiger partial charge in [-0.2, -0.15) is 0 Å². The SMILES string of the molecule is Nc1ccccc1C1(CN2CCCC2)CC1. The van der Waals surface area contributed by atoms with Crippen molar-refractivity contribution in [1.29, 1.82) is 0 Å². The van der Waals surface area contributed by atoms with Crippen molar-refractivity contribution in [2.45, 2.75) is 31.1 Å². The van der Waals surface area contributed by atoms with Crippen LogP contribution in [0.3, 0.4) is 0 Å². The number of anilines is 1.